The fourth-order valence-corrected chi connectivity index (χ4v) is 3.96. The number of carbonyl (C=O) groups excluding carboxylic acids is 1. The Hall–Kier alpha value is -1.51. The highest BCUT2D eigenvalue weighted by Gasteiger charge is 2.39. The Morgan fingerprint density at radius 2 is 2.05 bits per heavy atom. The molecule has 114 valence electrons. The van der Waals surface area contributed by atoms with Crippen molar-refractivity contribution >= 4 is 11.6 Å². The maximum atomic E-state index is 13.1. The van der Waals surface area contributed by atoms with Crippen LogP contribution in [0.4, 0.5) is 5.69 Å². The topological polar surface area (TPSA) is 32.3 Å². The highest BCUT2D eigenvalue weighted by atomic mass is 16.2. The van der Waals surface area contributed by atoms with Gasteiger partial charge in [0.1, 0.15) is 0 Å². The van der Waals surface area contributed by atoms with Crippen molar-refractivity contribution in [3.8, 4) is 0 Å². The standard InChI is InChI=1S/C18H26N2O/c1-4-15-10-9-12(2)20(15)18(21)16-11-14-7-5-6-8-17(14)19-13(16)3/h5-8,12-13,15-16,19H,4,9-11H2,1-3H3. The average Bonchev–Trinajstić information content (AvgIpc) is 2.86. The molecule has 1 N–H and O–H groups in total. The van der Waals surface area contributed by atoms with Crippen molar-refractivity contribution in [3.05, 3.63) is 29.8 Å². The smallest absolute Gasteiger partial charge is 0.228 e. The Morgan fingerprint density at radius 1 is 1.29 bits per heavy atom. The maximum Gasteiger partial charge on any atom is 0.228 e. The number of carbonyl (C=O) groups is 1. The number of benzene rings is 1. The van der Waals surface area contributed by atoms with E-state index in [1.807, 2.05) is 0 Å². The number of amides is 1. The number of anilines is 1. The lowest BCUT2D eigenvalue weighted by molar-refractivity contribution is -0.138. The largest absolute Gasteiger partial charge is 0.382 e. The fraction of sp³-hybridized carbons (Fsp3) is 0.611. The minimum atomic E-state index is 0.0644. The molecule has 1 amide bonds. The van der Waals surface area contributed by atoms with Crippen molar-refractivity contribution in [1.82, 2.24) is 4.90 Å². The predicted octanol–water partition coefficient (Wildman–Crippen LogP) is 3.45. The quantitative estimate of drug-likeness (QED) is 0.903. The summed E-state index contributed by atoms with van der Waals surface area (Å²) in [4.78, 5) is 15.3. The molecular weight excluding hydrogens is 260 g/mol. The van der Waals surface area contributed by atoms with Crippen LogP contribution in [0.5, 0.6) is 0 Å². The van der Waals surface area contributed by atoms with Gasteiger partial charge in [-0.1, -0.05) is 25.1 Å². The van der Waals surface area contributed by atoms with E-state index < -0.39 is 0 Å². The van der Waals surface area contributed by atoms with Crippen LogP contribution in [-0.4, -0.2) is 28.9 Å². The Labute approximate surface area is 127 Å². The third kappa shape index (κ3) is 2.54. The number of rotatable bonds is 2. The summed E-state index contributed by atoms with van der Waals surface area (Å²) in [6.07, 6.45) is 4.24. The van der Waals surface area contributed by atoms with Gasteiger partial charge in [0.15, 0.2) is 0 Å². The van der Waals surface area contributed by atoms with Crippen LogP contribution >= 0.6 is 0 Å². The van der Waals surface area contributed by atoms with E-state index in [0.29, 0.717) is 18.0 Å². The van der Waals surface area contributed by atoms with E-state index in [-0.39, 0.29) is 12.0 Å². The lowest BCUT2D eigenvalue weighted by atomic mass is 9.86. The first-order valence-electron chi connectivity index (χ1n) is 8.28. The minimum absolute atomic E-state index is 0.0644. The SMILES string of the molecule is CCC1CCC(C)N1C(=O)C1Cc2ccccc2NC1C. The van der Waals surface area contributed by atoms with E-state index in [1.54, 1.807) is 0 Å². The Balaban J connectivity index is 1.82. The van der Waals surface area contributed by atoms with Crippen molar-refractivity contribution < 1.29 is 4.79 Å². The van der Waals surface area contributed by atoms with Crippen LogP contribution in [0, 0.1) is 5.92 Å². The molecule has 3 rings (SSSR count). The van der Waals surface area contributed by atoms with Crippen LogP contribution in [-0.2, 0) is 11.2 Å². The molecule has 0 aliphatic carbocycles. The molecule has 3 heteroatoms. The molecule has 2 aliphatic rings. The van der Waals surface area contributed by atoms with Gasteiger partial charge >= 0.3 is 0 Å². The number of para-hydroxylation sites is 1. The maximum absolute atomic E-state index is 13.1. The monoisotopic (exact) mass is 286 g/mol. The fourth-order valence-electron chi connectivity index (χ4n) is 3.96. The van der Waals surface area contributed by atoms with E-state index in [9.17, 15) is 4.79 Å². The van der Waals surface area contributed by atoms with Crippen LogP contribution in [0.25, 0.3) is 0 Å². The predicted molar refractivity (Wildman–Crippen MR) is 86.3 cm³/mol. The van der Waals surface area contributed by atoms with Gasteiger partial charge in [-0.25, -0.2) is 0 Å². The van der Waals surface area contributed by atoms with E-state index in [4.69, 9.17) is 0 Å². The summed E-state index contributed by atoms with van der Waals surface area (Å²) in [5, 5.41) is 3.51. The molecular formula is C18H26N2O. The molecule has 1 aromatic rings. The van der Waals surface area contributed by atoms with Crippen LogP contribution < -0.4 is 5.32 Å². The van der Waals surface area contributed by atoms with Gasteiger partial charge in [0, 0.05) is 23.8 Å². The third-order valence-corrected chi connectivity index (χ3v) is 5.27. The first kappa shape index (κ1) is 14.4. The zero-order chi connectivity index (χ0) is 15.0. The van der Waals surface area contributed by atoms with E-state index >= 15 is 0 Å². The van der Waals surface area contributed by atoms with Gasteiger partial charge in [-0.05, 0) is 51.2 Å². The lowest BCUT2D eigenvalue weighted by Gasteiger charge is -2.37. The first-order chi connectivity index (χ1) is 10.1. The number of hydrogen-bond acceptors (Lipinski definition) is 2. The zero-order valence-corrected chi connectivity index (χ0v) is 13.3. The zero-order valence-electron chi connectivity index (χ0n) is 13.3. The highest BCUT2D eigenvalue weighted by molar-refractivity contribution is 5.82. The third-order valence-electron chi connectivity index (χ3n) is 5.27. The van der Waals surface area contributed by atoms with Crippen molar-refractivity contribution in [1.29, 1.82) is 0 Å². The molecule has 4 atom stereocenters. The molecule has 0 radical (unpaired) electrons. The van der Waals surface area contributed by atoms with Gasteiger partial charge in [-0.3, -0.25) is 4.79 Å². The summed E-state index contributed by atoms with van der Waals surface area (Å²) in [7, 11) is 0. The van der Waals surface area contributed by atoms with E-state index in [0.717, 1.165) is 25.7 Å². The van der Waals surface area contributed by atoms with Crippen LogP contribution in [0.1, 0.15) is 45.6 Å². The number of nitrogens with one attached hydrogen (secondary N) is 1. The molecule has 1 saturated heterocycles. The van der Waals surface area contributed by atoms with Gasteiger partial charge in [0.2, 0.25) is 5.91 Å². The molecule has 0 aromatic heterocycles. The number of fused-ring (bicyclic) bond motifs is 1. The number of likely N-dealkylation sites (tertiary alicyclic amines) is 1. The number of nitrogens with zero attached hydrogens (tertiary/aromatic N) is 1. The molecule has 2 aliphatic heterocycles. The van der Waals surface area contributed by atoms with Gasteiger partial charge < -0.3 is 10.2 Å². The summed E-state index contributed by atoms with van der Waals surface area (Å²) >= 11 is 0. The minimum Gasteiger partial charge on any atom is -0.382 e. The molecule has 1 fully saturated rings. The number of hydrogen-bond donors (Lipinski definition) is 1. The van der Waals surface area contributed by atoms with Crippen molar-refractivity contribution in [2.24, 2.45) is 5.92 Å². The van der Waals surface area contributed by atoms with Crippen molar-refractivity contribution in [3.63, 3.8) is 0 Å². The Morgan fingerprint density at radius 3 is 2.81 bits per heavy atom. The second-order valence-corrected chi connectivity index (χ2v) is 6.63. The molecule has 0 saturated carbocycles. The normalized spacial score (nSPS) is 31.7. The summed E-state index contributed by atoms with van der Waals surface area (Å²) in [6.45, 7) is 6.53. The molecule has 4 unspecified atom stereocenters. The van der Waals surface area contributed by atoms with Gasteiger partial charge in [0.25, 0.3) is 0 Å². The summed E-state index contributed by atoms with van der Waals surface area (Å²) < 4.78 is 0. The molecule has 0 spiro atoms. The second-order valence-electron chi connectivity index (χ2n) is 6.63. The first-order valence-corrected chi connectivity index (χ1v) is 8.28. The van der Waals surface area contributed by atoms with Crippen molar-refractivity contribution in [2.45, 2.75) is 64.6 Å². The van der Waals surface area contributed by atoms with Gasteiger partial charge in [0.05, 0.1) is 5.92 Å². The Kier molecular flexibility index (Phi) is 3.92. The molecule has 21 heavy (non-hydrogen) atoms. The van der Waals surface area contributed by atoms with Gasteiger partial charge in [-0.15, -0.1) is 0 Å². The average molecular weight is 286 g/mol. The van der Waals surface area contributed by atoms with E-state index in [2.05, 4.69) is 55.3 Å². The molecule has 2 heterocycles. The molecule has 3 nitrogen and oxygen atoms in total. The summed E-state index contributed by atoms with van der Waals surface area (Å²) in [6, 6.07) is 9.40. The summed E-state index contributed by atoms with van der Waals surface area (Å²) in [5.41, 5.74) is 2.46. The van der Waals surface area contributed by atoms with Crippen LogP contribution in [0.3, 0.4) is 0 Å². The van der Waals surface area contributed by atoms with Crippen LogP contribution in [0.2, 0.25) is 0 Å². The van der Waals surface area contributed by atoms with E-state index in [1.165, 1.54) is 11.3 Å². The van der Waals surface area contributed by atoms with Crippen LogP contribution in [0.15, 0.2) is 24.3 Å². The summed E-state index contributed by atoms with van der Waals surface area (Å²) in [5.74, 6) is 0.413. The van der Waals surface area contributed by atoms with Gasteiger partial charge in [-0.2, -0.15) is 0 Å². The molecule has 1 aromatic carbocycles. The second kappa shape index (κ2) is 5.70. The Bertz CT molecular complexity index is 528. The van der Waals surface area contributed by atoms with Crippen molar-refractivity contribution in [2.75, 3.05) is 5.32 Å². The highest BCUT2D eigenvalue weighted by Crippen LogP contribution is 2.33. The lowest BCUT2D eigenvalue weighted by Crippen LogP contribution is -2.49. The molecule has 0 bridgehead atoms.